The molecule has 0 radical (unpaired) electrons. The minimum atomic E-state index is -0.511. The third-order valence-corrected chi connectivity index (χ3v) is 3.73. The predicted molar refractivity (Wildman–Crippen MR) is 94.5 cm³/mol. The number of hydrogen-bond donors (Lipinski definition) is 2. The van der Waals surface area contributed by atoms with Crippen molar-refractivity contribution < 1.29 is 14.3 Å². The molecule has 0 fully saturated rings. The van der Waals surface area contributed by atoms with E-state index in [0.717, 1.165) is 11.0 Å². The van der Waals surface area contributed by atoms with E-state index in [1.54, 1.807) is 24.3 Å². The molecule has 128 valence electrons. The van der Waals surface area contributed by atoms with Gasteiger partial charge in [0.1, 0.15) is 5.75 Å². The zero-order valence-electron chi connectivity index (χ0n) is 13.7. The molecule has 7 heteroatoms. The Morgan fingerprint density at radius 2 is 1.88 bits per heavy atom. The number of imidazole rings is 1. The van der Waals surface area contributed by atoms with Crippen LogP contribution in [-0.4, -0.2) is 28.0 Å². The Kier molecular flexibility index (Phi) is 4.65. The molecule has 0 aliphatic heterocycles. The van der Waals surface area contributed by atoms with Gasteiger partial charge in [-0.25, -0.2) is 4.98 Å². The molecule has 0 aliphatic rings. The first kappa shape index (κ1) is 16.5. The highest BCUT2D eigenvalue weighted by atomic mass is 16.5. The van der Waals surface area contributed by atoms with E-state index in [1.807, 2.05) is 35.8 Å². The van der Waals surface area contributed by atoms with Crippen LogP contribution in [0.25, 0.3) is 11.0 Å². The summed E-state index contributed by atoms with van der Waals surface area (Å²) in [6.07, 6.45) is 0. The maximum atomic E-state index is 12.1. The van der Waals surface area contributed by atoms with Crippen LogP contribution >= 0.6 is 0 Å². The van der Waals surface area contributed by atoms with Crippen molar-refractivity contribution in [1.82, 2.24) is 9.55 Å². The van der Waals surface area contributed by atoms with Crippen LogP contribution in [0.5, 0.6) is 5.75 Å². The van der Waals surface area contributed by atoms with Gasteiger partial charge in [0, 0.05) is 12.1 Å². The number of para-hydroxylation sites is 2. The quantitative estimate of drug-likeness (QED) is 0.719. The standard InChI is InChI=1S/C18H18N4O3/c1-2-22-15-6-4-3-5-14(15)20-18(22)21-16(23)11-25-13-9-7-12(8-10-13)17(19)24/h3-10H,2,11H2,1H3,(H2,19,24)(H,20,21,23). The first-order valence-corrected chi connectivity index (χ1v) is 7.86. The minimum Gasteiger partial charge on any atom is -0.484 e. The Morgan fingerprint density at radius 3 is 2.56 bits per heavy atom. The predicted octanol–water partition coefficient (Wildman–Crippen LogP) is 2.17. The average molecular weight is 338 g/mol. The largest absolute Gasteiger partial charge is 0.484 e. The molecule has 2 aromatic carbocycles. The van der Waals surface area contributed by atoms with Crippen molar-refractivity contribution in [2.45, 2.75) is 13.5 Å². The molecule has 1 heterocycles. The second-order valence-electron chi connectivity index (χ2n) is 5.39. The molecule has 0 spiro atoms. The van der Waals surface area contributed by atoms with Crippen molar-refractivity contribution in [3.63, 3.8) is 0 Å². The van der Waals surface area contributed by atoms with Crippen molar-refractivity contribution in [2.24, 2.45) is 5.73 Å². The molecule has 3 rings (SSSR count). The summed E-state index contributed by atoms with van der Waals surface area (Å²) in [6, 6.07) is 14.0. The van der Waals surface area contributed by atoms with Crippen LogP contribution in [0.3, 0.4) is 0 Å². The van der Waals surface area contributed by atoms with E-state index in [1.165, 1.54) is 0 Å². The number of anilines is 1. The van der Waals surface area contributed by atoms with Crippen LogP contribution in [0, 0.1) is 0 Å². The third-order valence-electron chi connectivity index (χ3n) is 3.73. The smallest absolute Gasteiger partial charge is 0.264 e. The van der Waals surface area contributed by atoms with Crippen molar-refractivity contribution >= 4 is 28.8 Å². The van der Waals surface area contributed by atoms with Gasteiger partial charge in [-0.05, 0) is 43.3 Å². The van der Waals surface area contributed by atoms with Gasteiger partial charge in [-0.15, -0.1) is 0 Å². The van der Waals surface area contributed by atoms with Crippen LogP contribution in [0.1, 0.15) is 17.3 Å². The summed E-state index contributed by atoms with van der Waals surface area (Å²) in [5, 5.41) is 2.76. The lowest BCUT2D eigenvalue weighted by atomic mass is 10.2. The Hall–Kier alpha value is -3.35. The highest BCUT2D eigenvalue weighted by molar-refractivity contribution is 5.93. The lowest BCUT2D eigenvalue weighted by Crippen LogP contribution is -2.22. The van der Waals surface area contributed by atoms with Crippen LogP contribution < -0.4 is 15.8 Å². The second-order valence-corrected chi connectivity index (χ2v) is 5.39. The van der Waals surface area contributed by atoms with Crippen molar-refractivity contribution in [3.05, 3.63) is 54.1 Å². The lowest BCUT2D eigenvalue weighted by Gasteiger charge is -2.09. The molecule has 25 heavy (non-hydrogen) atoms. The van der Waals surface area contributed by atoms with Gasteiger partial charge in [0.2, 0.25) is 11.9 Å². The molecular formula is C18H18N4O3. The summed E-state index contributed by atoms with van der Waals surface area (Å²) >= 11 is 0. The molecule has 0 unspecified atom stereocenters. The third kappa shape index (κ3) is 3.60. The number of aryl methyl sites for hydroxylation is 1. The van der Waals surface area contributed by atoms with Crippen molar-refractivity contribution in [1.29, 1.82) is 0 Å². The van der Waals surface area contributed by atoms with E-state index in [9.17, 15) is 9.59 Å². The van der Waals surface area contributed by atoms with Crippen LogP contribution in [0.2, 0.25) is 0 Å². The zero-order chi connectivity index (χ0) is 17.8. The normalized spacial score (nSPS) is 10.6. The van der Waals surface area contributed by atoms with Crippen LogP contribution in [0.4, 0.5) is 5.95 Å². The molecule has 0 aliphatic carbocycles. The molecule has 1 aromatic heterocycles. The van der Waals surface area contributed by atoms with E-state index in [4.69, 9.17) is 10.5 Å². The molecule has 0 bridgehead atoms. The monoisotopic (exact) mass is 338 g/mol. The first-order valence-electron chi connectivity index (χ1n) is 7.86. The number of carbonyl (C=O) groups excluding carboxylic acids is 2. The van der Waals surface area contributed by atoms with E-state index in [2.05, 4.69) is 10.3 Å². The number of nitrogens with two attached hydrogens (primary N) is 1. The Morgan fingerprint density at radius 1 is 1.16 bits per heavy atom. The molecule has 0 saturated heterocycles. The highest BCUT2D eigenvalue weighted by Crippen LogP contribution is 2.19. The van der Waals surface area contributed by atoms with Crippen molar-refractivity contribution in [3.8, 4) is 5.75 Å². The maximum Gasteiger partial charge on any atom is 0.264 e. The van der Waals surface area contributed by atoms with Gasteiger partial charge >= 0.3 is 0 Å². The first-order chi connectivity index (χ1) is 12.1. The average Bonchev–Trinajstić information content (AvgIpc) is 2.97. The number of ether oxygens (including phenoxy) is 1. The number of rotatable bonds is 6. The SMILES string of the molecule is CCn1c(NC(=O)COc2ccc(C(N)=O)cc2)nc2ccccc21. The Labute approximate surface area is 144 Å². The van der Waals surface area contributed by atoms with E-state index in [-0.39, 0.29) is 12.5 Å². The minimum absolute atomic E-state index is 0.164. The van der Waals surface area contributed by atoms with Gasteiger partial charge in [-0.2, -0.15) is 0 Å². The van der Waals surface area contributed by atoms with Gasteiger partial charge in [-0.3, -0.25) is 14.9 Å². The Balaban J connectivity index is 1.65. The molecular weight excluding hydrogens is 320 g/mol. The molecule has 0 saturated carbocycles. The summed E-state index contributed by atoms with van der Waals surface area (Å²) in [5.74, 6) is 0.136. The topological polar surface area (TPSA) is 99.2 Å². The number of nitrogens with zero attached hydrogens (tertiary/aromatic N) is 2. The lowest BCUT2D eigenvalue weighted by molar-refractivity contribution is -0.118. The van der Waals surface area contributed by atoms with Gasteiger partial charge in [0.15, 0.2) is 6.61 Å². The molecule has 0 atom stereocenters. The molecule has 3 N–H and O–H groups in total. The number of hydrogen-bond acceptors (Lipinski definition) is 4. The zero-order valence-corrected chi connectivity index (χ0v) is 13.7. The summed E-state index contributed by atoms with van der Waals surface area (Å²) in [6.45, 7) is 2.51. The number of amides is 2. The fourth-order valence-electron chi connectivity index (χ4n) is 2.52. The van der Waals surface area contributed by atoms with Crippen molar-refractivity contribution in [2.75, 3.05) is 11.9 Å². The highest BCUT2D eigenvalue weighted by Gasteiger charge is 2.12. The van der Waals surface area contributed by atoms with E-state index >= 15 is 0 Å². The van der Waals surface area contributed by atoms with E-state index < -0.39 is 5.91 Å². The number of aromatic nitrogens is 2. The second kappa shape index (κ2) is 7.04. The van der Waals surface area contributed by atoms with Gasteiger partial charge in [-0.1, -0.05) is 12.1 Å². The number of fused-ring (bicyclic) bond motifs is 1. The fourth-order valence-corrected chi connectivity index (χ4v) is 2.52. The summed E-state index contributed by atoms with van der Waals surface area (Å²) < 4.78 is 7.35. The fraction of sp³-hybridized carbons (Fsp3) is 0.167. The molecule has 3 aromatic rings. The number of carbonyl (C=O) groups is 2. The maximum absolute atomic E-state index is 12.1. The van der Waals surface area contributed by atoms with Crippen LogP contribution in [0.15, 0.2) is 48.5 Å². The Bertz CT molecular complexity index is 916. The number of primary amides is 1. The molecule has 7 nitrogen and oxygen atoms in total. The summed E-state index contributed by atoms with van der Waals surface area (Å²) in [7, 11) is 0. The van der Waals surface area contributed by atoms with Gasteiger partial charge < -0.3 is 15.0 Å². The van der Waals surface area contributed by atoms with Gasteiger partial charge in [0.05, 0.1) is 11.0 Å². The molecule has 2 amide bonds. The summed E-state index contributed by atoms with van der Waals surface area (Å²) in [5.41, 5.74) is 7.34. The summed E-state index contributed by atoms with van der Waals surface area (Å²) in [4.78, 5) is 27.6. The van der Waals surface area contributed by atoms with Crippen LogP contribution in [-0.2, 0) is 11.3 Å². The number of nitrogens with one attached hydrogen (secondary N) is 1. The van der Waals surface area contributed by atoms with Gasteiger partial charge in [0.25, 0.3) is 5.91 Å². The number of benzene rings is 2. The van der Waals surface area contributed by atoms with E-state index in [0.29, 0.717) is 23.8 Å².